The van der Waals surface area contributed by atoms with Gasteiger partial charge in [0.2, 0.25) is 0 Å². The molecule has 1 heterocycles. The van der Waals surface area contributed by atoms with Gasteiger partial charge in [-0.3, -0.25) is 4.98 Å². The minimum atomic E-state index is 1.03. The summed E-state index contributed by atoms with van der Waals surface area (Å²) in [5.74, 6) is 0. The van der Waals surface area contributed by atoms with Crippen molar-refractivity contribution in [3.05, 3.63) is 140 Å². The van der Waals surface area contributed by atoms with E-state index in [1.165, 1.54) is 60.3 Å². The highest BCUT2D eigenvalue weighted by Crippen LogP contribution is 2.43. The van der Waals surface area contributed by atoms with Crippen molar-refractivity contribution in [2.45, 2.75) is 0 Å². The lowest BCUT2D eigenvalue weighted by Gasteiger charge is -2.17. The molecule has 7 aromatic rings. The van der Waals surface area contributed by atoms with Crippen molar-refractivity contribution in [2.24, 2.45) is 0 Å². The Labute approximate surface area is 210 Å². The number of hydrogen-bond acceptors (Lipinski definition) is 1. The number of fused-ring (bicyclic) bond motifs is 3. The molecule has 0 N–H and O–H groups in total. The second-order valence-corrected chi connectivity index (χ2v) is 9.20. The molecule has 1 nitrogen and oxygen atoms in total. The molecule has 0 saturated carbocycles. The van der Waals surface area contributed by atoms with Crippen LogP contribution in [0.3, 0.4) is 0 Å². The standard InChI is InChI=1S/C35H23N/c1-2-10-24(11-3-1)27-14-8-15-28(22-27)33-30-16-6-7-17-31(30)34(35-32(33)18-9-21-36-35)29-20-19-25-12-4-5-13-26(25)23-29/h1-23H. The summed E-state index contributed by atoms with van der Waals surface area (Å²) in [6.07, 6.45) is 1.91. The van der Waals surface area contributed by atoms with Crippen LogP contribution >= 0.6 is 0 Å². The number of rotatable bonds is 3. The van der Waals surface area contributed by atoms with Crippen LogP contribution in [0.25, 0.3) is 65.8 Å². The summed E-state index contributed by atoms with van der Waals surface area (Å²) in [4.78, 5) is 4.95. The lowest BCUT2D eigenvalue weighted by molar-refractivity contribution is 1.42. The summed E-state index contributed by atoms with van der Waals surface area (Å²) in [5.41, 5.74) is 8.29. The average molecular weight is 458 g/mol. The lowest BCUT2D eigenvalue weighted by atomic mass is 9.87. The Hall–Kier alpha value is -4.75. The Morgan fingerprint density at radius 3 is 1.86 bits per heavy atom. The molecule has 0 aliphatic carbocycles. The summed E-state index contributed by atoms with van der Waals surface area (Å²) in [6, 6.07) is 47.7. The van der Waals surface area contributed by atoms with Crippen LogP contribution in [0.5, 0.6) is 0 Å². The van der Waals surface area contributed by atoms with E-state index in [0.29, 0.717) is 0 Å². The normalized spacial score (nSPS) is 11.3. The molecule has 1 heteroatoms. The molecule has 0 radical (unpaired) electrons. The number of nitrogens with zero attached hydrogens (tertiary/aromatic N) is 1. The van der Waals surface area contributed by atoms with Crippen LogP contribution in [-0.2, 0) is 0 Å². The fourth-order valence-corrected chi connectivity index (χ4v) is 5.43. The zero-order chi connectivity index (χ0) is 23.9. The second-order valence-electron chi connectivity index (χ2n) is 9.20. The second kappa shape index (κ2) is 8.48. The largest absolute Gasteiger partial charge is 0.256 e. The quantitative estimate of drug-likeness (QED) is 0.241. The number of aromatic nitrogens is 1. The van der Waals surface area contributed by atoms with Gasteiger partial charge in [0.25, 0.3) is 0 Å². The van der Waals surface area contributed by atoms with Gasteiger partial charge in [-0.15, -0.1) is 0 Å². The zero-order valence-corrected chi connectivity index (χ0v) is 19.7. The van der Waals surface area contributed by atoms with E-state index in [4.69, 9.17) is 4.98 Å². The molecule has 0 aliphatic heterocycles. The minimum absolute atomic E-state index is 1.03. The van der Waals surface area contributed by atoms with Crippen molar-refractivity contribution in [1.29, 1.82) is 0 Å². The third-order valence-corrected chi connectivity index (χ3v) is 7.08. The van der Waals surface area contributed by atoms with Crippen LogP contribution in [0.1, 0.15) is 0 Å². The summed E-state index contributed by atoms with van der Waals surface area (Å²) < 4.78 is 0. The Kier molecular flexibility index (Phi) is 4.85. The zero-order valence-electron chi connectivity index (χ0n) is 19.7. The van der Waals surface area contributed by atoms with Crippen molar-refractivity contribution in [3.63, 3.8) is 0 Å². The smallest absolute Gasteiger partial charge is 0.0792 e. The summed E-state index contributed by atoms with van der Waals surface area (Å²) in [7, 11) is 0. The SMILES string of the molecule is c1ccc(-c2cccc(-c3c4ccccc4c(-c4ccc5ccccc5c4)c4ncccc34)c2)cc1. The molecule has 1 aromatic heterocycles. The van der Waals surface area contributed by atoms with Gasteiger partial charge < -0.3 is 0 Å². The molecule has 168 valence electrons. The topological polar surface area (TPSA) is 12.9 Å². The summed E-state index contributed by atoms with van der Waals surface area (Å²) in [6.45, 7) is 0. The van der Waals surface area contributed by atoms with Crippen LogP contribution in [0.2, 0.25) is 0 Å². The van der Waals surface area contributed by atoms with Gasteiger partial charge in [-0.05, 0) is 67.6 Å². The van der Waals surface area contributed by atoms with E-state index in [9.17, 15) is 0 Å². The van der Waals surface area contributed by atoms with Gasteiger partial charge in [-0.1, -0.05) is 115 Å². The fourth-order valence-electron chi connectivity index (χ4n) is 5.43. The molecule has 0 bridgehead atoms. The first-order valence-electron chi connectivity index (χ1n) is 12.3. The van der Waals surface area contributed by atoms with Gasteiger partial charge >= 0.3 is 0 Å². The van der Waals surface area contributed by atoms with E-state index >= 15 is 0 Å². The summed E-state index contributed by atoms with van der Waals surface area (Å²) in [5, 5.41) is 6.12. The van der Waals surface area contributed by atoms with Gasteiger partial charge in [0.1, 0.15) is 0 Å². The number of hydrogen-bond donors (Lipinski definition) is 0. The van der Waals surface area contributed by atoms with E-state index in [1.807, 2.05) is 12.3 Å². The molecule has 0 amide bonds. The van der Waals surface area contributed by atoms with Crippen molar-refractivity contribution >= 4 is 32.4 Å². The Morgan fingerprint density at radius 2 is 1.00 bits per heavy atom. The molecule has 0 fully saturated rings. The molecule has 0 aliphatic rings. The maximum atomic E-state index is 4.95. The van der Waals surface area contributed by atoms with Gasteiger partial charge in [-0.2, -0.15) is 0 Å². The van der Waals surface area contributed by atoms with Gasteiger partial charge in [-0.25, -0.2) is 0 Å². The maximum Gasteiger partial charge on any atom is 0.0792 e. The van der Waals surface area contributed by atoms with Gasteiger partial charge in [0.15, 0.2) is 0 Å². The first kappa shape index (κ1) is 20.6. The van der Waals surface area contributed by atoms with Gasteiger partial charge in [0.05, 0.1) is 5.52 Å². The van der Waals surface area contributed by atoms with Crippen molar-refractivity contribution in [1.82, 2.24) is 4.98 Å². The molecule has 0 atom stereocenters. The lowest BCUT2D eigenvalue weighted by Crippen LogP contribution is -1.93. The Morgan fingerprint density at radius 1 is 0.361 bits per heavy atom. The highest BCUT2D eigenvalue weighted by molar-refractivity contribution is 6.20. The molecular formula is C35H23N. The van der Waals surface area contributed by atoms with Crippen LogP contribution < -0.4 is 0 Å². The highest BCUT2D eigenvalue weighted by atomic mass is 14.7. The fraction of sp³-hybridized carbons (Fsp3) is 0. The van der Waals surface area contributed by atoms with Crippen LogP contribution in [0.4, 0.5) is 0 Å². The van der Waals surface area contributed by atoms with Crippen molar-refractivity contribution in [3.8, 4) is 33.4 Å². The number of benzene rings is 6. The Bertz CT molecular complexity index is 1830. The first-order chi connectivity index (χ1) is 17.9. The van der Waals surface area contributed by atoms with E-state index in [0.717, 1.165) is 5.52 Å². The molecule has 0 spiro atoms. The Balaban J connectivity index is 1.55. The predicted molar refractivity (Wildman–Crippen MR) is 153 cm³/mol. The molecule has 7 rings (SSSR count). The highest BCUT2D eigenvalue weighted by Gasteiger charge is 2.17. The van der Waals surface area contributed by atoms with Crippen LogP contribution in [0, 0.1) is 0 Å². The van der Waals surface area contributed by atoms with E-state index in [2.05, 4.69) is 127 Å². The number of pyridine rings is 1. The molecule has 0 unspecified atom stereocenters. The average Bonchev–Trinajstić information content (AvgIpc) is 2.96. The monoisotopic (exact) mass is 457 g/mol. The van der Waals surface area contributed by atoms with Crippen LogP contribution in [0.15, 0.2) is 140 Å². The maximum absolute atomic E-state index is 4.95. The predicted octanol–water partition coefficient (Wildman–Crippen LogP) is 9.54. The minimum Gasteiger partial charge on any atom is -0.256 e. The van der Waals surface area contributed by atoms with Crippen molar-refractivity contribution in [2.75, 3.05) is 0 Å². The van der Waals surface area contributed by atoms with Crippen LogP contribution in [-0.4, -0.2) is 4.98 Å². The molecular weight excluding hydrogens is 434 g/mol. The molecule has 6 aromatic carbocycles. The third kappa shape index (κ3) is 3.37. The van der Waals surface area contributed by atoms with E-state index in [-0.39, 0.29) is 0 Å². The van der Waals surface area contributed by atoms with Crippen molar-refractivity contribution < 1.29 is 0 Å². The van der Waals surface area contributed by atoms with Gasteiger partial charge in [0, 0.05) is 17.1 Å². The molecule has 0 saturated heterocycles. The van der Waals surface area contributed by atoms with E-state index < -0.39 is 0 Å². The molecule has 36 heavy (non-hydrogen) atoms. The summed E-state index contributed by atoms with van der Waals surface area (Å²) >= 11 is 0. The third-order valence-electron chi connectivity index (χ3n) is 7.08. The van der Waals surface area contributed by atoms with E-state index in [1.54, 1.807) is 0 Å². The first-order valence-corrected chi connectivity index (χ1v) is 12.3.